The van der Waals surface area contributed by atoms with Crippen molar-refractivity contribution >= 4 is 5.97 Å². The normalized spacial score (nSPS) is 23.0. The number of carboxylic acids is 1. The van der Waals surface area contributed by atoms with Crippen molar-refractivity contribution in [2.24, 2.45) is 5.92 Å². The van der Waals surface area contributed by atoms with E-state index in [-0.39, 0.29) is 19.0 Å². The van der Waals surface area contributed by atoms with Crippen LogP contribution >= 0.6 is 0 Å². The first-order chi connectivity index (χ1) is 9.20. The highest BCUT2D eigenvalue weighted by atomic mass is 19.4. The Hall–Kier alpha value is -0.820. The van der Waals surface area contributed by atoms with Crippen LogP contribution in [0.5, 0.6) is 0 Å². The average molecular weight is 296 g/mol. The summed E-state index contributed by atoms with van der Waals surface area (Å²) >= 11 is 0. The van der Waals surface area contributed by atoms with Crippen LogP contribution in [-0.2, 0) is 4.79 Å². The third-order valence-electron chi connectivity index (χ3n) is 3.54. The molecular weight excluding hydrogens is 273 g/mol. The van der Waals surface area contributed by atoms with Gasteiger partial charge in [-0.15, -0.1) is 0 Å². The quantitative estimate of drug-likeness (QED) is 0.788. The van der Waals surface area contributed by atoms with Crippen molar-refractivity contribution in [2.45, 2.75) is 51.4 Å². The Kier molecular flexibility index (Phi) is 6.26. The summed E-state index contributed by atoms with van der Waals surface area (Å²) in [7, 11) is 0. The summed E-state index contributed by atoms with van der Waals surface area (Å²) in [6.07, 6.45) is -3.15. The monoisotopic (exact) mass is 296 g/mol. The molecule has 1 fully saturated rings. The summed E-state index contributed by atoms with van der Waals surface area (Å²) < 4.78 is 38.0. The van der Waals surface area contributed by atoms with E-state index in [1.165, 1.54) is 0 Å². The number of rotatable bonds is 6. The van der Waals surface area contributed by atoms with Crippen molar-refractivity contribution in [1.29, 1.82) is 0 Å². The zero-order valence-corrected chi connectivity index (χ0v) is 11.9. The number of hydrogen-bond donors (Lipinski definition) is 2. The molecule has 1 heterocycles. The van der Waals surface area contributed by atoms with Gasteiger partial charge in [0.1, 0.15) is 6.04 Å². The van der Waals surface area contributed by atoms with E-state index in [0.717, 1.165) is 0 Å². The molecule has 0 radical (unpaired) electrons. The number of hydrogen-bond acceptors (Lipinski definition) is 3. The molecule has 2 unspecified atom stereocenters. The molecule has 0 aromatic carbocycles. The first-order valence-corrected chi connectivity index (χ1v) is 6.98. The zero-order valence-electron chi connectivity index (χ0n) is 11.9. The number of aliphatic carboxylic acids is 1. The Bertz CT molecular complexity index is 321. The number of carboxylic acid groups (broad SMARTS) is 1. The summed E-state index contributed by atoms with van der Waals surface area (Å²) in [5.41, 5.74) is 0. The molecule has 1 aliphatic rings. The van der Waals surface area contributed by atoms with Gasteiger partial charge in [-0.25, -0.2) is 0 Å². The van der Waals surface area contributed by atoms with Gasteiger partial charge >= 0.3 is 12.1 Å². The van der Waals surface area contributed by atoms with E-state index < -0.39 is 24.1 Å². The zero-order chi connectivity index (χ0) is 15.3. The molecule has 4 nitrogen and oxygen atoms in total. The molecule has 1 aliphatic heterocycles. The lowest BCUT2D eigenvalue weighted by molar-refractivity contribution is -0.186. The second-order valence-corrected chi connectivity index (χ2v) is 5.68. The lowest BCUT2D eigenvalue weighted by Gasteiger charge is -2.34. The highest BCUT2D eigenvalue weighted by Crippen LogP contribution is 2.33. The first kappa shape index (κ1) is 17.2. The fraction of sp³-hybridized carbons (Fsp3) is 0.923. The molecule has 20 heavy (non-hydrogen) atoms. The summed E-state index contributed by atoms with van der Waals surface area (Å²) in [4.78, 5) is 12.8. The number of nitrogens with one attached hydrogen (secondary N) is 1. The molecule has 0 amide bonds. The van der Waals surface area contributed by atoms with Gasteiger partial charge in [0.25, 0.3) is 0 Å². The summed E-state index contributed by atoms with van der Waals surface area (Å²) in [6, 6.07) is -0.679. The lowest BCUT2D eigenvalue weighted by atomic mass is 9.97. The second-order valence-electron chi connectivity index (χ2n) is 5.68. The standard InChI is InChI=1S/C13H23F3N2O2/c1-9(2)17-11(12(19)20)5-7-18-6-3-4-10(8-18)13(14,15)16/h9-11,17H,3-8H2,1-2H3,(H,19,20). The number of carbonyl (C=O) groups is 1. The van der Waals surface area contributed by atoms with Crippen molar-refractivity contribution in [3.05, 3.63) is 0 Å². The van der Waals surface area contributed by atoms with Crippen LogP contribution in [0.25, 0.3) is 0 Å². The van der Waals surface area contributed by atoms with Gasteiger partial charge in [0, 0.05) is 19.1 Å². The first-order valence-electron chi connectivity index (χ1n) is 6.98. The molecule has 0 spiro atoms. The van der Waals surface area contributed by atoms with Gasteiger partial charge in [-0.2, -0.15) is 13.2 Å². The van der Waals surface area contributed by atoms with Crippen molar-refractivity contribution in [3.63, 3.8) is 0 Å². The number of piperidine rings is 1. The van der Waals surface area contributed by atoms with E-state index in [2.05, 4.69) is 5.32 Å². The Balaban J connectivity index is 2.45. The summed E-state index contributed by atoms with van der Waals surface area (Å²) in [5, 5.41) is 12.0. The van der Waals surface area contributed by atoms with E-state index in [0.29, 0.717) is 25.9 Å². The molecule has 0 aliphatic carbocycles. The molecule has 0 aromatic heterocycles. The Morgan fingerprint density at radius 3 is 2.60 bits per heavy atom. The van der Waals surface area contributed by atoms with E-state index in [9.17, 15) is 18.0 Å². The number of alkyl halides is 3. The predicted molar refractivity (Wildman–Crippen MR) is 69.5 cm³/mol. The minimum absolute atomic E-state index is 0.0164. The third kappa shape index (κ3) is 5.66. The van der Waals surface area contributed by atoms with Crippen LogP contribution in [-0.4, -0.2) is 53.9 Å². The van der Waals surface area contributed by atoms with Crippen LogP contribution in [0.15, 0.2) is 0 Å². The van der Waals surface area contributed by atoms with Gasteiger partial charge in [0.15, 0.2) is 0 Å². The molecule has 118 valence electrons. The molecule has 7 heteroatoms. The van der Waals surface area contributed by atoms with Crippen LogP contribution in [0.3, 0.4) is 0 Å². The Morgan fingerprint density at radius 2 is 2.10 bits per heavy atom. The molecular formula is C13H23F3N2O2. The SMILES string of the molecule is CC(C)NC(CCN1CCCC(C(F)(F)F)C1)C(=O)O. The minimum atomic E-state index is -4.15. The predicted octanol–water partition coefficient (Wildman–Crippen LogP) is 2.10. The molecule has 2 atom stereocenters. The van der Waals surface area contributed by atoms with Gasteiger partial charge in [0.2, 0.25) is 0 Å². The second kappa shape index (κ2) is 7.26. The number of halogens is 3. The van der Waals surface area contributed by atoms with Crippen molar-refractivity contribution in [2.75, 3.05) is 19.6 Å². The van der Waals surface area contributed by atoms with Crippen molar-refractivity contribution in [1.82, 2.24) is 10.2 Å². The van der Waals surface area contributed by atoms with Crippen LogP contribution in [0, 0.1) is 5.92 Å². The molecule has 2 N–H and O–H groups in total. The molecule has 1 saturated heterocycles. The maximum Gasteiger partial charge on any atom is 0.393 e. The van der Waals surface area contributed by atoms with Crippen LogP contribution < -0.4 is 5.32 Å². The van der Waals surface area contributed by atoms with Crippen molar-refractivity contribution in [3.8, 4) is 0 Å². The lowest BCUT2D eigenvalue weighted by Crippen LogP contribution is -2.46. The number of likely N-dealkylation sites (tertiary alicyclic amines) is 1. The van der Waals surface area contributed by atoms with Gasteiger partial charge in [-0.05, 0) is 25.8 Å². The maximum atomic E-state index is 12.7. The fourth-order valence-electron chi connectivity index (χ4n) is 2.52. The van der Waals surface area contributed by atoms with Crippen LogP contribution in [0.1, 0.15) is 33.1 Å². The maximum absolute atomic E-state index is 12.7. The largest absolute Gasteiger partial charge is 0.480 e. The van der Waals surface area contributed by atoms with Gasteiger partial charge in [-0.3, -0.25) is 4.79 Å². The highest BCUT2D eigenvalue weighted by molar-refractivity contribution is 5.73. The Morgan fingerprint density at radius 1 is 1.45 bits per heavy atom. The van der Waals surface area contributed by atoms with Gasteiger partial charge in [-0.1, -0.05) is 13.8 Å². The molecule has 1 rings (SSSR count). The fourth-order valence-corrected chi connectivity index (χ4v) is 2.52. The highest BCUT2D eigenvalue weighted by Gasteiger charge is 2.41. The van der Waals surface area contributed by atoms with E-state index in [4.69, 9.17) is 5.11 Å². The van der Waals surface area contributed by atoms with Gasteiger partial charge in [0.05, 0.1) is 5.92 Å². The topological polar surface area (TPSA) is 52.6 Å². The van der Waals surface area contributed by atoms with E-state index >= 15 is 0 Å². The third-order valence-corrected chi connectivity index (χ3v) is 3.54. The Labute approximate surface area is 117 Å². The summed E-state index contributed by atoms with van der Waals surface area (Å²) in [6.45, 7) is 4.66. The van der Waals surface area contributed by atoms with Crippen LogP contribution in [0.2, 0.25) is 0 Å². The van der Waals surface area contributed by atoms with Gasteiger partial charge < -0.3 is 15.3 Å². The number of nitrogens with zero attached hydrogens (tertiary/aromatic N) is 1. The van der Waals surface area contributed by atoms with E-state index in [1.54, 1.807) is 4.90 Å². The van der Waals surface area contributed by atoms with Crippen molar-refractivity contribution < 1.29 is 23.1 Å². The van der Waals surface area contributed by atoms with E-state index in [1.807, 2.05) is 13.8 Å². The summed E-state index contributed by atoms with van der Waals surface area (Å²) in [5.74, 6) is -2.24. The average Bonchev–Trinajstić information content (AvgIpc) is 2.33. The molecule has 0 bridgehead atoms. The molecule has 0 saturated carbocycles. The van der Waals surface area contributed by atoms with Crippen LogP contribution in [0.4, 0.5) is 13.2 Å². The minimum Gasteiger partial charge on any atom is -0.480 e. The smallest absolute Gasteiger partial charge is 0.393 e. The molecule has 0 aromatic rings.